The molecular formula is C19H31ClN3O2+. The van der Waals surface area contributed by atoms with E-state index in [1.165, 1.54) is 0 Å². The molecule has 1 rings (SSSR count). The number of carbonyl (C=O) groups is 2. The Morgan fingerprint density at radius 2 is 1.68 bits per heavy atom. The number of amides is 2. The maximum Gasteiger partial charge on any atom is 0.279 e. The minimum absolute atomic E-state index is 0.0896. The van der Waals surface area contributed by atoms with Crippen molar-refractivity contribution in [3.8, 4) is 0 Å². The van der Waals surface area contributed by atoms with Gasteiger partial charge in [0.1, 0.15) is 0 Å². The summed E-state index contributed by atoms with van der Waals surface area (Å²) < 4.78 is 0. The quantitative estimate of drug-likeness (QED) is 0.702. The molecular weight excluding hydrogens is 338 g/mol. The Kier molecular flexibility index (Phi) is 8.93. The van der Waals surface area contributed by atoms with Crippen LogP contribution in [0.25, 0.3) is 0 Å². The van der Waals surface area contributed by atoms with Crippen molar-refractivity contribution in [3.05, 3.63) is 29.3 Å². The first-order valence-corrected chi connectivity index (χ1v) is 9.34. The van der Waals surface area contributed by atoms with Gasteiger partial charge in [-0.1, -0.05) is 37.6 Å². The van der Waals surface area contributed by atoms with E-state index in [2.05, 4.69) is 33.0 Å². The van der Waals surface area contributed by atoms with Crippen LogP contribution in [-0.2, 0) is 9.59 Å². The number of nitrogens with zero attached hydrogens (tertiary/aromatic N) is 1. The molecule has 5 nitrogen and oxygen atoms in total. The van der Waals surface area contributed by atoms with Crippen molar-refractivity contribution >= 4 is 29.1 Å². The highest BCUT2D eigenvalue weighted by Crippen LogP contribution is 2.19. The van der Waals surface area contributed by atoms with E-state index < -0.39 is 0 Å². The smallest absolute Gasteiger partial charge is 0.279 e. The van der Waals surface area contributed by atoms with Gasteiger partial charge in [0.2, 0.25) is 0 Å². The SMILES string of the molecule is CC[C@@H](C)N(C(=O)C[NH+](C)CC(=O)Nc1ccccc1Cl)[C@H](C)CC. The zero-order valence-electron chi connectivity index (χ0n) is 15.9. The van der Waals surface area contributed by atoms with Gasteiger partial charge in [-0.05, 0) is 38.8 Å². The number of nitrogens with one attached hydrogen (secondary N) is 2. The number of hydrogen-bond acceptors (Lipinski definition) is 2. The van der Waals surface area contributed by atoms with Gasteiger partial charge < -0.3 is 15.1 Å². The monoisotopic (exact) mass is 368 g/mol. The Morgan fingerprint density at radius 1 is 1.12 bits per heavy atom. The van der Waals surface area contributed by atoms with Gasteiger partial charge in [-0.2, -0.15) is 0 Å². The van der Waals surface area contributed by atoms with Crippen LogP contribution in [0.1, 0.15) is 40.5 Å². The molecule has 0 aliphatic rings. The van der Waals surface area contributed by atoms with E-state index in [4.69, 9.17) is 11.6 Å². The number of carbonyl (C=O) groups excluding carboxylic acids is 2. The summed E-state index contributed by atoms with van der Waals surface area (Å²) >= 11 is 6.05. The molecule has 2 N–H and O–H groups in total. The standard InChI is InChI=1S/C19H30ClN3O2/c1-6-14(3)23(15(4)7-2)19(25)13-22(5)12-18(24)21-17-11-9-8-10-16(17)20/h8-11,14-15H,6-7,12-13H2,1-5H3,(H,21,24)/p+1/t14-,15-/m1/s1. The molecule has 0 aliphatic heterocycles. The van der Waals surface area contributed by atoms with Crippen LogP contribution in [0.5, 0.6) is 0 Å². The van der Waals surface area contributed by atoms with Gasteiger partial charge in [0.15, 0.2) is 13.1 Å². The maximum atomic E-state index is 12.7. The second kappa shape index (κ2) is 10.4. The van der Waals surface area contributed by atoms with Crippen LogP contribution < -0.4 is 10.2 Å². The van der Waals surface area contributed by atoms with E-state index in [1.807, 2.05) is 24.1 Å². The lowest BCUT2D eigenvalue weighted by molar-refractivity contribution is -0.862. The summed E-state index contributed by atoms with van der Waals surface area (Å²) in [6.45, 7) is 8.82. The predicted molar refractivity (Wildman–Crippen MR) is 103 cm³/mol. The first kappa shape index (κ1) is 21.5. The molecule has 0 heterocycles. The van der Waals surface area contributed by atoms with Crippen LogP contribution in [0.3, 0.4) is 0 Å². The molecule has 0 bridgehead atoms. The van der Waals surface area contributed by atoms with E-state index in [0.717, 1.165) is 17.7 Å². The third-order valence-corrected chi connectivity index (χ3v) is 4.81. The molecule has 140 valence electrons. The Bertz CT molecular complexity index is 570. The van der Waals surface area contributed by atoms with Crippen LogP contribution in [0, 0.1) is 0 Å². The molecule has 0 saturated carbocycles. The first-order chi connectivity index (χ1) is 11.8. The summed E-state index contributed by atoms with van der Waals surface area (Å²) in [5.74, 6) is -0.0660. The summed E-state index contributed by atoms with van der Waals surface area (Å²) in [4.78, 5) is 27.7. The van der Waals surface area contributed by atoms with Crippen LogP contribution in [0.4, 0.5) is 5.69 Å². The lowest BCUT2D eigenvalue weighted by Crippen LogP contribution is -3.11. The van der Waals surface area contributed by atoms with Crippen LogP contribution >= 0.6 is 11.6 Å². The highest BCUT2D eigenvalue weighted by molar-refractivity contribution is 6.33. The van der Waals surface area contributed by atoms with Crippen LogP contribution in [-0.4, -0.2) is 48.9 Å². The molecule has 0 fully saturated rings. The zero-order valence-corrected chi connectivity index (χ0v) is 16.7. The fraction of sp³-hybridized carbons (Fsp3) is 0.579. The highest BCUT2D eigenvalue weighted by Gasteiger charge is 2.26. The molecule has 0 spiro atoms. The number of rotatable bonds is 9. The Hall–Kier alpha value is -1.59. The number of anilines is 1. The van der Waals surface area contributed by atoms with Crippen molar-refractivity contribution < 1.29 is 14.5 Å². The summed E-state index contributed by atoms with van der Waals surface area (Å²) in [5.41, 5.74) is 0.592. The largest absolute Gasteiger partial charge is 0.332 e. The van der Waals surface area contributed by atoms with E-state index in [-0.39, 0.29) is 30.4 Å². The lowest BCUT2D eigenvalue weighted by Gasteiger charge is -2.34. The highest BCUT2D eigenvalue weighted by atomic mass is 35.5. The van der Waals surface area contributed by atoms with E-state index >= 15 is 0 Å². The molecule has 2 amide bonds. The number of para-hydroxylation sites is 1. The third-order valence-electron chi connectivity index (χ3n) is 4.48. The fourth-order valence-electron chi connectivity index (χ4n) is 2.76. The molecule has 0 saturated heterocycles. The van der Waals surface area contributed by atoms with Crippen LogP contribution in [0.15, 0.2) is 24.3 Å². The molecule has 0 aliphatic carbocycles. The summed E-state index contributed by atoms with van der Waals surface area (Å²) in [6.07, 6.45) is 1.84. The Balaban J connectivity index is 2.61. The first-order valence-electron chi connectivity index (χ1n) is 8.96. The Labute approximate surface area is 156 Å². The number of likely N-dealkylation sites (N-methyl/N-ethyl adjacent to an activating group) is 1. The zero-order chi connectivity index (χ0) is 19.0. The lowest BCUT2D eigenvalue weighted by atomic mass is 10.1. The summed E-state index contributed by atoms with van der Waals surface area (Å²) in [6, 6.07) is 7.52. The molecule has 1 unspecified atom stereocenters. The average molecular weight is 369 g/mol. The molecule has 0 radical (unpaired) electrons. The number of hydrogen-bond donors (Lipinski definition) is 2. The van der Waals surface area contributed by atoms with Gasteiger partial charge in [-0.25, -0.2) is 0 Å². The molecule has 1 aromatic rings. The van der Waals surface area contributed by atoms with Crippen LogP contribution in [0.2, 0.25) is 5.02 Å². The average Bonchev–Trinajstić information content (AvgIpc) is 2.56. The van der Waals surface area contributed by atoms with Crippen molar-refractivity contribution in [2.24, 2.45) is 0 Å². The van der Waals surface area contributed by atoms with Crippen molar-refractivity contribution in [3.63, 3.8) is 0 Å². The van der Waals surface area contributed by atoms with Gasteiger partial charge in [-0.3, -0.25) is 9.59 Å². The minimum atomic E-state index is -0.156. The number of benzene rings is 1. The Morgan fingerprint density at radius 3 is 2.20 bits per heavy atom. The second-order valence-corrected chi connectivity index (χ2v) is 7.06. The van der Waals surface area contributed by atoms with Crippen molar-refractivity contribution in [1.29, 1.82) is 0 Å². The van der Waals surface area contributed by atoms with Crippen molar-refractivity contribution in [2.45, 2.75) is 52.6 Å². The minimum Gasteiger partial charge on any atom is -0.332 e. The van der Waals surface area contributed by atoms with E-state index in [0.29, 0.717) is 17.3 Å². The number of quaternary nitrogens is 1. The molecule has 0 aromatic heterocycles. The maximum absolute atomic E-state index is 12.7. The van der Waals surface area contributed by atoms with Gasteiger partial charge in [0, 0.05) is 12.1 Å². The van der Waals surface area contributed by atoms with Crippen molar-refractivity contribution in [1.82, 2.24) is 4.90 Å². The summed E-state index contributed by atoms with van der Waals surface area (Å²) in [7, 11) is 1.86. The summed E-state index contributed by atoms with van der Waals surface area (Å²) in [5, 5.41) is 3.30. The number of halogens is 1. The molecule has 25 heavy (non-hydrogen) atoms. The third kappa shape index (κ3) is 6.67. The molecule has 1 aromatic carbocycles. The molecule has 6 heteroatoms. The fourth-order valence-corrected chi connectivity index (χ4v) is 2.95. The predicted octanol–water partition coefficient (Wildman–Crippen LogP) is 2.22. The van der Waals surface area contributed by atoms with Gasteiger partial charge in [0.05, 0.1) is 17.8 Å². The topological polar surface area (TPSA) is 53.9 Å². The van der Waals surface area contributed by atoms with Gasteiger partial charge >= 0.3 is 0 Å². The second-order valence-electron chi connectivity index (χ2n) is 6.65. The van der Waals surface area contributed by atoms with E-state index in [9.17, 15) is 9.59 Å². The van der Waals surface area contributed by atoms with Gasteiger partial charge in [0.25, 0.3) is 11.8 Å². The van der Waals surface area contributed by atoms with Gasteiger partial charge in [-0.15, -0.1) is 0 Å². The van der Waals surface area contributed by atoms with Crippen molar-refractivity contribution in [2.75, 3.05) is 25.5 Å². The van der Waals surface area contributed by atoms with E-state index in [1.54, 1.807) is 12.1 Å². The normalized spacial score (nSPS) is 14.5. The molecule has 3 atom stereocenters.